The number of anilines is 3. The Kier molecular flexibility index (Phi) is 10.2. The van der Waals surface area contributed by atoms with Crippen molar-refractivity contribution in [3.05, 3.63) is 65.4 Å². The number of nitrogens with one attached hydrogen (secondary N) is 3. The second-order valence-electron chi connectivity index (χ2n) is 13.9. The maximum absolute atomic E-state index is 13.4. The predicted octanol–water partition coefficient (Wildman–Crippen LogP) is 5.92. The molecule has 0 atom stereocenters. The summed E-state index contributed by atoms with van der Waals surface area (Å²) in [4.78, 5) is 52.0. The number of ether oxygens (including phenoxy) is 1. The van der Waals surface area contributed by atoms with Crippen LogP contribution < -0.4 is 20.9 Å². The summed E-state index contributed by atoms with van der Waals surface area (Å²) in [6, 6.07) is 12.9. The van der Waals surface area contributed by atoms with Gasteiger partial charge in [-0.05, 0) is 104 Å². The molecule has 3 heterocycles. The van der Waals surface area contributed by atoms with Crippen molar-refractivity contribution in [1.29, 1.82) is 0 Å². The van der Waals surface area contributed by atoms with Crippen molar-refractivity contribution in [2.75, 3.05) is 36.4 Å². The number of hydrogen-bond acceptors (Lipinski definition) is 8. The minimum absolute atomic E-state index is 0.0225. The molecule has 0 saturated carbocycles. The van der Waals surface area contributed by atoms with Gasteiger partial charge < -0.3 is 30.5 Å². The lowest BCUT2D eigenvalue weighted by atomic mass is 10.0. The monoisotopic (exact) mass is 629 g/mol. The fourth-order valence-corrected chi connectivity index (χ4v) is 4.97. The largest absolute Gasteiger partial charge is 0.444 e. The summed E-state index contributed by atoms with van der Waals surface area (Å²) in [5, 5.41) is 9.35. The van der Waals surface area contributed by atoms with Gasteiger partial charge in [0.15, 0.2) is 0 Å². The molecule has 246 valence electrons. The molecule has 1 saturated heterocycles. The minimum atomic E-state index is -0.568. The van der Waals surface area contributed by atoms with Crippen LogP contribution in [0.3, 0.4) is 0 Å². The van der Waals surface area contributed by atoms with Crippen LogP contribution in [0, 0.1) is 6.92 Å². The first-order valence-electron chi connectivity index (χ1n) is 15.7. The van der Waals surface area contributed by atoms with E-state index < -0.39 is 11.1 Å². The first kappa shape index (κ1) is 34.2. The molecule has 11 nitrogen and oxygen atoms in total. The van der Waals surface area contributed by atoms with Gasteiger partial charge in [-0.1, -0.05) is 6.07 Å². The zero-order valence-corrected chi connectivity index (χ0v) is 28.4. The van der Waals surface area contributed by atoms with Crippen LogP contribution in [0.4, 0.5) is 22.1 Å². The molecular weight excluding hydrogens is 582 g/mol. The number of carbonyl (C=O) groups excluding carboxylic acids is 3. The van der Waals surface area contributed by atoms with Crippen molar-refractivity contribution >= 4 is 35.2 Å². The Morgan fingerprint density at radius 2 is 1.61 bits per heavy atom. The van der Waals surface area contributed by atoms with E-state index in [9.17, 15) is 14.4 Å². The molecule has 0 aliphatic carbocycles. The Morgan fingerprint density at radius 3 is 2.24 bits per heavy atom. The molecule has 1 aromatic carbocycles. The minimum Gasteiger partial charge on any atom is -0.444 e. The quantitative estimate of drug-likeness (QED) is 0.294. The van der Waals surface area contributed by atoms with Crippen molar-refractivity contribution < 1.29 is 19.1 Å². The van der Waals surface area contributed by atoms with Gasteiger partial charge in [0, 0.05) is 66.3 Å². The molecule has 0 spiro atoms. The smallest absolute Gasteiger partial charge is 0.410 e. The topological polar surface area (TPSA) is 129 Å². The van der Waals surface area contributed by atoms with E-state index in [0.29, 0.717) is 54.6 Å². The molecule has 1 aliphatic rings. The van der Waals surface area contributed by atoms with Gasteiger partial charge in [0.2, 0.25) is 0 Å². The van der Waals surface area contributed by atoms with Crippen molar-refractivity contribution in [1.82, 2.24) is 25.5 Å². The highest BCUT2D eigenvalue weighted by molar-refractivity contribution is 5.98. The predicted molar refractivity (Wildman–Crippen MR) is 182 cm³/mol. The number of benzene rings is 1. The molecule has 0 unspecified atom stereocenters. The molecule has 1 fully saturated rings. The zero-order valence-electron chi connectivity index (χ0n) is 28.4. The Morgan fingerprint density at radius 1 is 0.913 bits per heavy atom. The van der Waals surface area contributed by atoms with Gasteiger partial charge in [-0.15, -0.1) is 0 Å². The van der Waals surface area contributed by atoms with Crippen molar-refractivity contribution in [3.8, 4) is 11.3 Å². The first-order valence-corrected chi connectivity index (χ1v) is 15.7. The number of piperazine rings is 1. The molecule has 3 aromatic rings. The van der Waals surface area contributed by atoms with E-state index in [-0.39, 0.29) is 23.9 Å². The third-order valence-corrected chi connectivity index (χ3v) is 7.13. The Bertz CT molecular complexity index is 1580. The van der Waals surface area contributed by atoms with E-state index in [0.717, 1.165) is 16.8 Å². The molecule has 11 heteroatoms. The van der Waals surface area contributed by atoms with Gasteiger partial charge in [0.05, 0.1) is 5.69 Å². The number of amides is 3. The second kappa shape index (κ2) is 13.8. The molecule has 46 heavy (non-hydrogen) atoms. The second-order valence-corrected chi connectivity index (χ2v) is 13.9. The molecule has 1 aliphatic heterocycles. The highest BCUT2D eigenvalue weighted by atomic mass is 16.6. The highest BCUT2D eigenvalue weighted by Crippen LogP contribution is 2.28. The fourth-order valence-electron chi connectivity index (χ4n) is 4.97. The van der Waals surface area contributed by atoms with Gasteiger partial charge in [0.1, 0.15) is 17.2 Å². The van der Waals surface area contributed by atoms with Crippen LogP contribution >= 0.6 is 0 Å². The van der Waals surface area contributed by atoms with Crippen molar-refractivity contribution in [2.24, 2.45) is 0 Å². The lowest BCUT2D eigenvalue weighted by Crippen LogP contribution is -2.50. The Labute approximate surface area is 272 Å². The van der Waals surface area contributed by atoms with Gasteiger partial charge in [-0.3, -0.25) is 9.59 Å². The first-order chi connectivity index (χ1) is 21.5. The van der Waals surface area contributed by atoms with E-state index in [2.05, 4.69) is 25.8 Å². The van der Waals surface area contributed by atoms with Gasteiger partial charge in [0.25, 0.3) is 11.8 Å². The molecule has 4 rings (SSSR count). The standard InChI is InChI=1S/C35H47N7O4/c1-22(2)37-32(44)26-11-10-12-27(23(26)3)38-29-20-24(13-14-36-29)28-19-25(31(43)40-34(4,5)6)21-30(39-28)41-15-17-42(18-16-41)33(45)46-35(7,8)9/h10-14,19-22H,15-18H2,1-9H3,(H,36,38)(H,37,44)(H,40,43). The molecule has 2 aromatic heterocycles. The lowest BCUT2D eigenvalue weighted by molar-refractivity contribution is 0.0240. The van der Waals surface area contributed by atoms with E-state index in [1.54, 1.807) is 29.3 Å². The summed E-state index contributed by atoms with van der Waals surface area (Å²) in [6.45, 7) is 19.2. The van der Waals surface area contributed by atoms with E-state index in [4.69, 9.17) is 9.72 Å². The van der Waals surface area contributed by atoms with Crippen LogP contribution in [0.1, 0.15) is 81.7 Å². The summed E-state index contributed by atoms with van der Waals surface area (Å²) in [6.07, 6.45) is 1.35. The normalized spacial score (nSPS) is 13.8. The lowest BCUT2D eigenvalue weighted by Gasteiger charge is -2.36. The van der Waals surface area contributed by atoms with Crippen LogP contribution in [0.15, 0.2) is 48.7 Å². The van der Waals surface area contributed by atoms with Crippen LogP contribution in [-0.2, 0) is 4.74 Å². The summed E-state index contributed by atoms with van der Waals surface area (Å²) in [5.74, 6) is 0.878. The average Bonchev–Trinajstić information content (AvgIpc) is 2.96. The molecule has 0 bridgehead atoms. The van der Waals surface area contributed by atoms with E-state index in [1.165, 1.54) is 0 Å². The number of rotatable bonds is 7. The molecule has 3 N–H and O–H groups in total. The molecule has 0 radical (unpaired) electrons. The summed E-state index contributed by atoms with van der Waals surface area (Å²) in [5.41, 5.74) is 3.02. The van der Waals surface area contributed by atoms with Crippen molar-refractivity contribution in [3.63, 3.8) is 0 Å². The number of nitrogens with zero attached hydrogens (tertiary/aromatic N) is 4. The van der Waals surface area contributed by atoms with Gasteiger partial charge in [-0.25, -0.2) is 14.8 Å². The number of carbonyl (C=O) groups is 3. The number of aromatic nitrogens is 2. The van der Waals surface area contributed by atoms with Gasteiger partial charge >= 0.3 is 6.09 Å². The molecule has 3 amide bonds. The Balaban J connectivity index is 1.63. The van der Waals surface area contributed by atoms with E-state index in [1.807, 2.05) is 86.6 Å². The third kappa shape index (κ3) is 9.18. The Hall–Kier alpha value is -4.67. The van der Waals surface area contributed by atoms with Crippen LogP contribution in [0.2, 0.25) is 0 Å². The summed E-state index contributed by atoms with van der Waals surface area (Å²) < 4.78 is 5.55. The SMILES string of the molecule is Cc1c(Nc2cc(-c3cc(C(=O)NC(C)(C)C)cc(N4CCN(C(=O)OC(C)(C)C)CC4)n3)ccn2)cccc1C(=O)NC(C)C. The fraction of sp³-hybridized carbons (Fsp3) is 0.457. The van der Waals surface area contributed by atoms with Crippen LogP contribution in [0.5, 0.6) is 0 Å². The zero-order chi connectivity index (χ0) is 33.8. The van der Waals surface area contributed by atoms with Crippen LogP contribution in [-0.4, -0.2) is 76.1 Å². The number of pyridine rings is 2. The van der Waals surface area contributed by atoms with Gasteiger partial charge in [-0.2, -0.15) is 0 Å². The summed E-state index contributed by atoms with van der Waals surface area (Å²) >= 11 is 0. The maximum Gasteiger partial charge on any atom is 0.410 e. The van der Waals surface area contributed by atoms with Crippen molar-refractivity contribution in [2.45, 2.75) is 79.5 Å². The summed E-state index contributed by atoms with van der Waals surface area (Å²) in [7, 11) is 0. The average molecular weight is 630 g/mol. The molecular formula is C35H47N7O4. The van der Waals surface area contributed by atoms with E-state index >= 15 is 0 Å². The third-order valence-electron chi connectivity index (χ3n) is 7.13. The maximum atomic E-state index is 13.4. The van der Waals surface area contributed by atoms with Crippen LogP contribution in [0.25, 0.3) is 11.3 Å². The number of hydrogen-bond donors (Lipinski definition) is 3. The highest BCUT2D eigenvalue weighted by Gasteiger charge is 2.27.